The lowest BCUT2D eigenvalue weighted by molar-refractivity contribution is 0.0496. The maximum Gasteiger partial charge on any atom is 0.287 e. The lowest BCUT2D eigenvalue weighted by atomic mass is 9.95. The number of hydrogen-bond donors (Lipinski definition) is 1. The van der Waals surface area contributed by atoms with Gasteiger partial charge in [-0.2, -0.15) is 10.4 Å². The fourth-order valence-corrected chi connectivity index (χ4v) is 5.39. The molecule has 0 amide bonds. The highest BCUT2D eigenvalue weighted by Gasteiger charge is 2.26. The molecule has 2 aliphatic rings. The van der Waals surface area contributed by atoms with Crippen molar-refractivity contribution in [1.29, 1.82) is 5.26 Å². The fraction of sp³-hybridized carbons (Fsp3) is 0.522. The van der Waals surface area contributed by atoms with E-state index in [1.807, 2.05) is 24.3 Å². The van der Waals surface area contributed by atoms with E-state index in [0.29, 0.717) is 17.2 Å². The fourth-order valence-electron chi connectivity index (χ4n) is 4.25. The van der Waals surface area contributed by atoms with Crippen LogP contribution in [0.2, 0.25) is 5.02 Å². The van der Waals surface area contributed by atoms with E-state index in [0.717, 1.165) is 56.9 Å². The van der Waals surface area contributed by atoms with Crippen molar-refractivity contribution in [3.63, 3.8) is 0 Å². The molecule has 0 aliphatic carbocycles. The molecule has 4 rings (SSSR count). The second kappa shape index (κ2) is 10.7. The summed E-state index contributed by atoms with van der Waals surface area (Å²) in [5, 5.41) is 17.0. The van der Waals surface area contributed by atoms with Crippen LogP contribution in [0.15, 0.2) is 40.2 Å². The first-order chi connectivity index (χ1) is 15.5. The van der Waals surface area contributed by atoms with Gasteiger partial charge in [0.15, 0.2) is 0 Å². The second-order valence-corrected chi connectivity index (χ2v) is 9.97. The topological polar surface area (TPSA) is 83.2 Å². The number of anilines is 1. The van der Waals surface area contributed by atoms with Crippen LogP contribution < -0.4 is 10.9 Å². The summed E-state index contributed by atoms with van der Waals surface area (Å²) in [6.07, 6.45) is 5.51. The zero-order chi connectivity index (χ0) is 22.5. The summed E-state index contributed by atoms with van der Waals surface area (Å²) in [6, 6.07) is 9.93. The first kappa shape index (κ1) is 23.1. The Bertz CT molecular complexity index is 1010. The summed E-state index contributed by atoms with van der Waals surface area (Å²) in [5.41, 5.74) is 1.02. The predicted octanol–water partition coefficient (Wildman–Crippen LogP) is 4.34. The first-order valence-electron chi connectivity index (χ1n) is 11.1. The summed E-state index contributed by atoms with van der Waals surface area (Å²) in [6.45, 7) is 5.35. The second-order valence-electron chi connectivity index (χ2n) is 8.42. The molecule has 1 N–H and O–H groups in total. The number of nitriles is 1. The molecule has 32 heavy (non-hydrogen) atoms. The summed E-state index contributed by atoms with van der Waals surface area (Å²) < 4.78 is 9.41. The normalized spacial score (nSPS) is 21.1. The van der Waals surface area contributed by atoms with E-state index in [9.17, 15) is 4.79 Å². The Labute approximate surface area is 197 Å². The number of nitrogens with one attached hydrogen (secondary N) is 1. The molecule has 1 aromatic heterocycles. The van der Waals surface area contributed by atoms with Crippen LogP contribution in [-0.4, -0.2) is 46.4 Å². The molecule has 9 heteroatoms. The molecule has 2 atom stereocenters. The highest BCUT2D eigenvalue weighted by molar-refractivity contribution is 7.97. The van der Waals surface area contributed by atoms with Crippen molar-refractivity contribution < 1.29 is 4.74 Å². The molecule has 7 nitrogen and oxygen atoms in total. The van der Waals surface area contributed by atoms with E-state index in [1.54, 1.807) is 22.8 Å². The predicted molar refractivity (Wildman–Crippen MR) is 127 cm³/mol. The van der Waals surface area contributed by atoms with Gasteiger partial charge in [-0.3, -0.25) is 4.79 Å². The molecule has 170 valence electrons. The van der Waals surface area contributed by atoms with Crippen molar-refractivity contribution in [2.75, 3.05) is 31.6 Å². The van der Waals surface area contributed by atoms with Crippen LogP contribution in [0.1, 0.15) is 44.2 Å². The standard InChI is InChI=1S/C23H28ClN5O2S/c1-16(18-3-2-12-31-15-18)27-21-14-26-29(23(30)22(21)24)19-8-10-28(11-9-19)32-20-6-4-17(13-25)5-7-20/h4-7,14,16,18-19,27H,2-3,8-12,15H2,1H3. The van der Waals surface area contributed by atoms with Gasteiger partial charge in [0, 0.05) is 36.6 Å². The minimum atomic E-state index is -0.234. The van der Waals surface area contributed by atoms with E-state index in [-0.39, 0.29) is 22.7 Å². The Balaban J connectivity index is 1.35. The van der Waals surface area contributed by atoms with Crippen molar-refractivity contribution in [3.05, 3.63) is 51.4 Å². The maximum atomic E-state index is 12.9. The number of benzene rings is 1. The van der Waals surface area contributed by atoms with Gasteiger partial charge in [-0.15, -0.1) is 0 Å². The van der Waals surface area contributed by atoms with Crippen LogP contribution in [0.3, 0.4) is 0 Å². The molecule has 3 heterocycles. The smallest absolute Gasteiger partial charge is 0.287 e. The lowest BCUT2D eigenvalue weighted by Gasteiger charge is -2.31. The highest BCUT2D eigenvalue weighted by atomic mass is 35.5. The number of ether oxygens (including phenoxy) is 1. The molecular weight excluding hydrogens is 446 g/mol. The Kier molecular flexibility index (Phi) is 7.74. The molecule has 0 bridgehead atoms. The number of piperidine rings is 1. The SMILES string of the molecule is CC(Nc1cnn(C2CCN(Sc3ccc(C#N)cc3)CC2)c(=O)c1Cl)C1CCCOC1. The van der Waals surface area contributed by atoms with E-state index < -0.39 is 0 Å². The van der Waals surface area contributed by atoms with Crippen LogP contribution in [0.4, 0.5) is 5.69 Å². The third-order valence-corrected chi connectivity index (χ3v) is 7.69. The van der Waals surface area contributed by atoms with Gasteiger partial charge in [0.1, 0.15) is 5.02 Å². The number of rotatable bonds is 6. The minimum Gasteiger partial charge on any atom is -0.381 e. The summed E-state index contributed by atoms with van der Waals surface area (Å²) in [5.74, 6) is 0.403. The van der Waals surface area contributed by atoms with Crippen molar-refractivity contribution in [3.8, 4) is 6.07 Å². The molecule has 1 aromatic carbocycles. The Morgan fingerprint density at radius 3 is 2.69 bits per heavy atom. The van der Waals surface area contributed by atoms with Crippen molar-refractivity contribution in [2.24, 2.45) is 5.92 Å². The van der Waals surface area contributed by atoms with Gasteiger partial charge < -0.3 is 10.1 Å². The van der Waals surface area contributed by atoms with Crippen LogP contribution >= 0.6 is 23.5 Å². The molecule has 2 saturated heterocycles. The van der Waals surface area contributed by atoms with E-state index in [4.69, 9.17) is 21.6 Å². The van der Waals surface area contributed by atoms with Gasteiger partial charge in [-0.1, -0.05) is 11.6 Å². The van der Waals surface area contributed by atoms with E-state index >= 15 is 0 Å². The molecule has 0 radical (unpaired) electrons. The average Bonchev–Trinajstić information content (AvgIpc) is 2.84. The van der Waals surface area contributed by atoms with Gasteiger partial charge in [-0.05, 0) is 68.8 Å². The van der Waals surface area contributed by atoms with Crippen molar-refractivity contribution in [2.45, 2.75) is 49.6 Å². The van der Waals surface area contributed by atoms with Gasteiger partial charge in [0.2, 0.25) is 0 Å². The van der Waals surface area contributed by atoms with E-state index in [2.05, 4.69) is 27.7 Å². The first-order valence-corrected chi connectivity index (χ1v) is 12.2. The molecule has 0 spiro atoms. The average molecular weight is 474 g/mol. The van der Waals surface area contributed by atoms with Gasteiger partial charge in [0.05, 0.1) is 36.2 Å². The van der Waals surface area contributed by atoms with Crippen LogP contribution in [0.25, 0.3) is 0 Å². The zero-order valence-corrected chi connectivity index (χ0v) is 19.7. The number of halogens is 1. The largest absolute Gasteiger partial charge is 0.381 e. The van der Waals surface area contributed by atoms with Crippen LogP contribution in [-0.2, 0) is 4.74 Å². The Hall–Kier alpha value is -2.05. The molecule has 2 fully saturated rings. The number of hydrogen-bond acceptors (Lipinski definition) is 7. The third-order valence-electron chi connectivity index (χ3n) is 6.22. The van der Waals surface area contributed by atoms with Gasteiger partial charge >= 0.3 is 0 Å². The highest BCUT2D eigenvalue weighted by Crippen LogP contribution is 2.30. The monoisotopic (exact) mass is 473 g/mol. The van der Waals surface area contributed by atoms with Crippen molar-refractivity contribution >= 4 is 29.2 Å². The third kappa shape index (κ3) is 5.46. The molecule has 2 aromatic rings. The lowest BCUT2D eigenvalue weighted by Crippen LogP contribution is -2.37. The number of aromatic nitrogens is 2. The minimum absolute atomic E-state index is 0.0380. The van der Waals surface area contributed by atoms with Gasteiger partial charge in [-0.25, -0.2) is 8.99 Å². The Morgan fingerprint density at radius 1 is 1.28 bits per heavy atom. The molecule has 2 unspecified atom stereocenters. The van der Waals surface area contributed by atoms with Crippen LogP contribution in [0, 0.1) is 17.2 Å². The van der Waals surface area contributed by atoms with Gasteiger partial charge in [0.25, 0.3) is 5.56 Å². The molecule has 2 aliphatic heterocycles. The Morgan fingerprint density at radius 2 is 2.03 bits per heavy atom. The molecular formula is C23H28ClN5O2S. The van der Waals surface area contributed by atoms with Crippen LogP contribution in [0.5, 0.6) is 0 Å². The quantitative estimate of drug-likeness (QED) is 0.624. The van der Waals surface area contributed by atoms with Crippen molar-refractivity contribution in [1.82, 2.24) is 14.1 Å². The number of nitrogens with zero attached hydrogens (tertiary/aromatic N) is 4. The summed E-state index contributed by atoms with van der Waals surface area (Å²) in [4.78, 5) is 14.0. The zero-order valence-electron chi connectivity index (χ0n) is 18.2. The van der Waals surface area contributed by atoms with E-state index in [1.165, 1.54) is 0 Å². The molecule has 0 saturated carbocycles. The summed E-state index contributed by atoms with van der Waals surface area (Å²) in [7, 11) is 0. The summed E-state index contributed by atoms with van der Waals surface area (Å²) >= 11 is 8.14. The maximum absolute atomic E-state index is 12.9.